The summed E-state index contributed by atoms with van der Waals surface area (Å²) in [7, 11) is 0. The molecule has 202 valence electrons. The van der Waals surface area contributed by atoms with Crippen LogP contribution in [0, 0.1) is 11.8 Å². The Balaban J connectivity index is 1.33. The molecule has 1 aliphatic heterocycles. The summed E-state index contributed by atoms with van der Waals surface area (Å²) in [5.74, 6) is -3.97. The van der Waals surface area contributed by atoms with Gasteiger partial charge >= 0.3 is 0 Å². The predicted molar refractivity (Wildman–Crippen MR) is 156 cm³/mol. The van der Waals surface area contributed by atoms with Gasteiger partial charge in [0.05, 0.1) is 11.8 Å². The van der Waals surface area contributed by atoms with Crippen molar-refractivity contribution in [3.8, 4) is 0 Å². The molecule has 2 bridgehead atoms. The van der Waals surface area contributed by atoms with Gasteiger partial charge in [-0.25, -0.2) is 5.01 Å². The Bertz CT molecular complexity index is 1640. The van der Waals surface area contributed by atoms with Crippen LogP contribution in [0.5, 0.6) is 0 Å². The third kappa shape index (κ3) is 3.98. The monoisotopic (exact) mass is 624 g/mol. The van der Waals surface area contributed by atoms with Crippen LogP contribution in [0.15, 0.2) is 102 Å². The molecule has 1 heterocycles. The second-order valence-corrected chi connectivity index (χ2v) is 11.9. The molecule has 4 aliphatic rings. The maximum atomic E-state index is 14.3. The lowest BCUT2D eigenvalue weighted by atomic mass is 9.55. The molecule has 0 radical (unpaired) electrons. The van der Waals surface area contributed by atoms with E-state index >= 15 is 0 Å². The number of carbonyl (C=O) groups is 4. The maximum Gasteiger partial charge on any atom is 0.273 e. The standard InChI is InChI=1S/C33H22BrClN2O4/c34-20-13-9-18(10-14-20)26(38)17-36(31(39)19-11-15-21(35)16-12-19)37-32(40)29-27-22-5-1-2-6-23(22)28(30(29)33(37)41)25-8-4-3-7-24(25)27/h1-16,27-30H,17H2/t27?,28?,29-,30-/m0/s1. The second-order valence-electron chi connectivity index (χ2n) is 10.6. The van der Waals surface area contributed by atoms with Crippen LogP contribution < -0.4 is 0 Å². The third-order valence-electron chi connectivity index (χ3n) is 8.45. The highest BCUT2D eigenvalue weighted by atomic mass is 79.9. The fourth-order valence-corrected chi connectivity index (χ4v) is 7.13. The molecule has 41 heavy (non-hydrogen) atoms. The van der Waals surface area contributed by atoms with E-state index in [0.717, 1.165) is 36.7 Å². The number of benzene rings is 4. The first-order valence-electron chi connectivity index (χ1n) is 13.3. The molecule has 0 unspecified atom stereocenters. The van der Waals surface area contributed by atoms with Crippen molar-refractivity contribution in [2.75, 3.05) is 6.54 Å². The Morgan fingerprint density at radius 2 is 1.12 bits per heavy atom. The number of Topliss-reactive ketones (excluding diaryl/α,β-unsaturated/α-hetero) is 1. The van der Waals surface area contributed by atoms with Crippen LogP contribution >= 0.6 is 27.5 Å². The summed E-state index contributed by atoms with van der Waals surface area (Å²) in [6.45, 7) is -0.477. The molecule has 3 amide bonds. The van der Waals surface area contributed by atoms with Gasteiger partial charge in [0.2, 0.25) is 0 Å². The molecule has 8 heteroatoms. The van der Waals surface area contributed by atoms with Crippen molar-refractivity contribution in [2.45, 2.75) is 11.8 Å². The number of carbonyl (C=O) groups excluding carboxylic acids is 4. The summed E-state index contributed by atoms with van der Waals surface area (Å²) in [5.41, 5.74) is 4.69. The van der Waals surface area contributed by atoms with Gasteiger partial charge in [-0.15, -0.1) is 0 Å². The highest BCUT2D eigenvalue weighted by molar-refractivity contribution is 9.10. The molecule has 2 atom stereocenters. The van der Waals surface area contributed by atoms with Crippen molar-refractivity contribution in [2.24, 2.45) is 11.8 Å². The van der Waals surface area contributed by atoms with Crippen molar-refractivity contribution < 1.29 is 19.2 Å². The number of hydrazine groups is 1. The van der Waals surface area contributed by atoms with Gasteiger partial charge in [0.15, 0.2) is 5.78 Å². The average molecular weight is 626 g/mol. The highest BCUT2D eigenvalue weighted by Crippen LogP contribution is 2.61. The second kappa shape index (κ2) is 9.79. The molecule has 6 nitrogen and oxygen atoms in total. The smallest absolute Gasteiger partial charge is 0.273 e. The minimum absolute atomic E-state index is 0.211. The largest absolute Gasteiger partial charge is 0.292 e. The van der Waals surface area contributed by atoms with E-state index in [2.05, 4.69) is 15.9 Å². The minimum Gasteiger partial charge on any atom is -0.292 e. The Labute approximate surface area is 249 Å². The fourth-order valence-electron chi connectivity index (χ4n) is 6.74. The van der Waals surface area contributed by atoms with Gasteiger partial charge < -0.3 is 0 Å². The molecule has 0 N–H and O–H groups in total. The van der Waals surface area contributed by atoms with Crippen LogP contribution in [0.1, 0.15) is 54.8 Å². The molecular weight excluding hydrogens is 604 g/mol. The van der Waals surface area contributed by atoms with E-state index in [1.807, 2.05) is 48.5 Å². The van der Waals surface area contributed by atoms with Crippen molar-refractivity contribution in [1.82, 2.24) is 10.0 Å². The van der Waals surface area contributed by atoms with Gasteiger partial charge in [-0.3, -0.25) is 19.2 Å². The first-order chi connectivity index (χ1) is 19.8. The third-order valence-corrected chi connectivity index (χ3v) is 9.23. The first-order valence-corrected chi connectivity index (χ1v) is 14.4. The van der Waals surface area contributed by atoms with E-state index < -0.39 is 41.9 Å². The number of halogens is 2. The molecular formula is C33H22BrClN2O4. The summed E-state index contributed by atoms with van der Waals surface area (Å²) in [4.78, 5) is 56.1. The molecule has 3 aliphatic carbocycles. The van der Waals surface area contributed by atoms with E-state index in [9.17, 15) is 19.2 Å². The zero-order chi connectivity index (χ0) is 28.4. The zero-order valence-electron chi connectivity index (χ0n) is 21.5. The summed E-state index contributed by atoms with van der Waals surface area (Å²) in [6.07, 6.45) is 0. The first kappa shape index (κ1) is 25.9. The van der Waals surface area contributed by atoms with Gasteiger partial charge in [-0.2, -0.15) is 5.01 Å². The van der Waals surface area contributed by atoms with Gasteiger partial charge in [-0.05, 0) is 58.7 Å². The lowest BCUT2D eigenvalue weighted by molar-refractivity contribution is -0.154. The maximum absolute atomic E-state index is 14.3. The highest BCUT2D eigenvalue weighted by Gasteiger charge is 2.63. The van der Waals surface area contributed by atoms with E-state index in [-0.39, 0.29) is 17.4 Å². The van der Waals surface area contributed by atoms with Crippen LogP contribution in [0.4, 0.5) is 0 Å². The minimum atomic E-state index is -0.680. The zero-order valence-corrected chi connectivity index (χ0v) is 23.9. The Morgan fingerprint density at radius 1 is 0.683 bits per heavy atom. The SMILES string of the molecule is O=C(CN(C(=O)c1ccc(Cl)cc1)N1C(=O)[C@H]2C3c4ccccc4C(c4ccccc43)[C@@H]2C1=O)c1ccc(Br)cc1. The quantitative estimate of drug-likeness (QED) is 0.195. The summed E-state index contributed by atoms with van der Waals surface area (Å²) < 4.78 is 0.798. The van der Waals surface area contributed by atoms with E-state index in [4.69, 9.17) is 11.6 Å². The van der Waals surface area contributed by atoms with Crippen LogP contribution in [-0.2, 0) is 9.59 Å². The fraction of sp³-hybridized carbons (Fsp3) is 0.152. The number of hydrogen-bond donors (Lipinski definition) is 0. The number of hydrogen-bond acceptors (Lipinski definition) is 4. The summed E-state index contributed by atoms with van der Waals surface area (Å²) >= 11 is 9.42. The molecule has 0 aromatic heterocycles. The van der Waals surface area contributed by atoms with E-state index in [0.29, 0.717) is 10.6 Å². The number of amides is 3. The van der Waals surface area contributed by atoms with E-state index in [1.54, 1.807) is 36.4 Å². The van der Waals surface area contributed by atoms with Gasteiger partial charge in [0.1, 0.15) is 6.54 Å². The van der Waals surface area contributed by atoms with Gasteiger partial charge in [0.25, 0.3) is 17.7 Å². The molecule has 0 spiro atoms. The lowest BCUT2D eigenvalue weighted by Crippen LogP contribution is -2.52. The van der Waals surface area contributed by atoms with Crippen LogP contribution in [0.2, 0.25) is 5.02 Å². The number of nitrogens with zero attached hydrogens (tertiary/aromatic N) is 2. The Morgan fingerprint density at radius 3 is 1.59 bits per heavy atom. The average Bonchev–Trinajstić information content (AvgIpc) is 3.26. The number of rotatable bonds is 5. The molecule has 4 aromatic carbocycles. The van der Waals surface area contributed by atoms with Crippen molar-refractivity contribution in [3.63, 3.8) is 0 Å². The van der Waals surface area contributed by atoms with Crippen molar-refractivity contribution in [1.29, 1.82) is 0 Å². The summed E-state index contributed by atoms with van der Waals surface area (Å²) in [6, 6.07) is 28.8. The topological polar surface area (TPSA) is 74.8 Å². The van der Waals surface area contributed by atoms with Gasteiger partial charge in [0, 0.05) is 32.5 Å². The molecule has 0 saturated carbocycles. The predicted octanol–water partition coefficient (Wildman–Crippen LogP) is 6.23. The molecule has 1 saturated heterocycles. The molecule has 1 fully saturated rings. The van der Waals surface area contributed by atoms with Crippen molar-refractivity contribution >= 4 is 51.0 Å². The van der Waals surface area contributed by atoms with Crippen molar-refractivity contribution in [3.05, 3.63) is 140 Å². The van der Waals surface area contributed by atoms with Crippen LogP contribution in [0.25, 0.3) is 0 Å². The van der Waals surface area contributed by atoms with Crippen LogP contribution in [0.3, 0.4) is 0 Å². The van der Waals surface area contributed by atoms with E-state index in [1.165, 1.54) is 12.1 Å². The normalized spacial score (nSPS) is 21.8. The number of imide groups is 1. The van der Waals surface area contributed by atoms with Gasteiger partial charge in [-0.1, -0.05) is 88.2 Å². The van der Waals surface area contributed by atoms with Crippen LogP contribution in [-0.4, -0.2) is 40.1 Å². The number of ketones is 1. The Hall–Kier alpha value is -4.07. The summed E-state index contributed by atoms with van der Waals surface area (Å²) in [5, 5.41) is 2.40. The molecule has 4 aromatic rings. The molecule has 8 rings (SSSR count). The Kier molecular flexibility index (Phi) is 6.17. The lowest BCUT2D eigenvalue weighted by Gasteiger charge is -2.45.